The highest BCUT2D eigenvalue weighted by atomic mass is 79.9. The summed E-state index contributed by atoms with van der Waals surface area (Å²) in [6.45, 7) is 4.19. The number of hydrogen-bond acceptors (Lipinski definition) is 2. The normalized spacial score (nSPS) is 10.8. The minimum Gasteiger partial charge on any atom is -0.384 e. The number of hydrogen-bond donors (Lipinski definition) is 1. The van der Waals surface area contributed by atoms with E-state index in [1.807, 2.05) is 13.1 Å². The van der Waals surface area contributed by atoms with E-state index in [4.69, 9.17) is 5.73 Å². The molecule has 2 aromatic rings. The average Bonchev–Trinajstić information content (AvgIpc) is 2.55. The fourth-order valence-electron chi connectivity index (χ4n) is 2.04. The molecule has 1 aromatic carbocycles. The molecule has 3 nitrogen and oxygen atoms in total. The lowest BCUT2D eigenvalue weighted by Gasteiger charge is -2.05. The summed E-state index contributed by atoms with van der Waals surface area (Å²) in [6.07, 6.45) is 0.893. The van der Waals surface area contributed by atoms with Crippen molar-refractivity contribution in [3.8, 4) is 11.3 Å². The van der Waals surface area contributed by atoms with Crippen LogP contribution < -0.4 is 5.73 Å². The van der Waals surface area contributed by atoms with Gasteiger partial charge in [0.1, 0.15) is 5.82 Å². The van der Waals surface area contributed by atoms with Crippen LogP contribution in [0.25, 0.3) is 11.3 Å². The lowest BCUT2D eigenvalue weighted by atomic mass is 10.0. The third-order valence-corrected chi connectivity index (χ3v) is 3.48. The molecule has 0 aliphatic rings. The highest BCUT2D eigenvalue weighted by Gasteiger charge is 2.15. The molecule has 90 valence electrons. The van der Waals surface area contributed by atoms with Crippen LogP contribution in [0, 0.1) is 6.92 Å². The Balaban J connectivity index is 2.64. The summed E-state index contributed by atoms with van der Waals surface area (Å²) in [7, 11) is 1.88. The summed E-state index contributed by atoms with van der Waals surface area (Å²) in [5, 5.41) is 4.52. The standard InChI is InChI=1S/C13H16BrN3/c1-4-10-12(16-17(3)13(10)15)11-6-5-9(14)7-8(11)2/h5-7H,4,15H2,1-3H3. The Morgan fingerprint density at radius 2 is 2.12 bits per heavy atom. The molecule has 0 bridgehead atoms. The van der Waals surface area contributed by atoms with Gasteiger partial charge in [-0.2, -0.15) is 5.10 Å². The van der Waals surface area contributed by atoms with Gasteiger partial charge in [-0.1, -0.05) is 28.9 Å². The number of benzene rings is 1. The zero-order valence-electron chi connectivity index (χ0n) is 10.3. The third kappa shape index (κ3) is 2.09. The van der Waals surface area contributed by atoms with Gasteiger partial charge in [-0.05, 0) is 31.0 Å². The molecule has 0 amide bonds. The van der Waals surface area contributed by atoms with Crippen LogP contribution in [0.3, 0.4) is 0 Å². The quantitative estimate of drug-likeness (QED) is 0.923. The molecular formula is C13H16BrN3. The minimum absolute atomic E-state index is 0.754. The molecule has 17 heavy (non-hydrogen) atoms. The molecule has 2 N–H and O–H groups in total. The Labute approximate surface area is 110 Å². The number of nitrogens with two attached hydrogens (primary N) is 1. The van der Waals surface area contributed by atoms with Crippen LogP contribution in [0.2, 0.25) is 0 Å². The maximum Gasteiger partial charge on any atom is 0.125 e. The van der Waals surface area contributed by atoms with E-state index in [0.29, 0.717) is 0 Å². The van der Waals surface area contributed by atoms with Crippen molar-refractivity contribution >= 4 is 21.7 Å². The third-order valence-electron chi connectivity index (χ3n) is 2.99. The first-order valence-corrected chi connectivity index (χ1v) is 6.41. The summed E-state index contributed by atoms with van der Waals surface area (Å²) in [4.78, 5) is 0. The second-order valence-corrected chi connectivity index (χ2v) is 5.06. The van der Waals surface area contributed by atoms with E-state index in [1.165, 1.54) is 5.56 Å². The van der Waals surface area contributed by atoms with Gasteiger partial charge < -0.3 is 5.73 Å². The van der Waals surface area contributed by atoms with Gasteiger partial charge in [-0.15, -0.1) is 0 Å². The predicted molar refractivity (Wildman–Crippen MR) is 74.9 cm³/mol. The smallest absolute Gasteiger partial charge is 0.125 e. The lowest BCUT2D eigenvalue weighted by molar-refractivity contribution is 0.781. The molecule has 0 atom stereocenters. The first-order valence-electron chi connectivity index (χ1n) is 5.62. The monoisotopic (exact) mass is 293 g/mol. The number of aryl methyl sites for hydroxylation is 2. The topological polar surface area (TPSA) is 43.8 Å². The van der Waals surface area contributed by atoms with Crippen LogP contribution in [0.15, 0.2) is 22.7 Å². The molecule has 2 rings (SSSR count). The predicted octanol–water partition coefficient (Wildman–Crippen LogP) is 3.30. The maximum atomic E-state index is 6.02. The Morgan fingerprint density at radius 1 is 1.41 bits per heavy atom. The highest BCUT2D eigenvalue weighted by molar-refractivity contribution is 9.10. The molecule has 0 unspecified atom stereocenters. The van der Waals surface area contributed by atoms with Crippen LogP contribution >= 0.6 is 15.9 Å². The fourth-order valence-corrected chi connectivity index (χ4v) is 2.51. The van der Waals surface area contributed by atoms with Crippen molar-refractivity contribution in [2.75, 3.05) is 5.73 Å². The van der Waals surface area contributed by atoms with Crippen molar-refractivity contribution in [1.29, 1.82) is 0 Å². The van der Waals surface area contributed by atoms with Gasteiger partial charge in [0.2, 0.25) is 0 Å². The van der Waals surface area contributed by atoms with E-state index in [2.05, 4.69) is 47.0 Å². The lowest BCUT2D eigenvalue weighted by Crippen LogP contribution is -1.98. The molecule has 0 spiro atoms. The largest absolute Gasteiger partial charge is 0.384 e. The number of nitrogens with zero attached hydrogens (tertiary/aromatic N) is 2. The van der Waals surface area contributed by atoms with Crippen molar-refractivity contribution in [3.05, 3.63) is 33.8 Å². The van der Waals surface area contributed by atoms with Crippen molar-refractivity contribution in [2.45, 2.75) is 20.3 Å². The first kappa shape index (κ1) is 12.2. The van der Waals surface area contributed by atoms with Crippen LogP contribution in [0.4, 0.5) is 5.82 Å². The van der Waals surface area contributed by atoms with Gasteiger partial charge in [0.25, 0.3) is 0 Å². The molecule has 1 aromatic heterocycles. The first-order chi connectivity index (χ1) is 8.04. The van der Waals surface area contributed by atoms with Crippen LogP contribution in [0.5, 0.6) is 0 Å². The summed E-state index contributed by atoms with van der Waals surface area (Å²) < 4.78 is 2.83. The van der Waals surface area contributed by atoms with Crippen LogP contribution in [-0.2, 0) is 13.5 Å². The zero-order chi connectivity index (χ0) is 12.6. The van der Waals surface area contributed by atoms with E-state index < -0.39 is 0 Å². The molecule has 4 heteroatoms. The second-order valence-electron chi connectivity index (χ2n) is 4.15. The average molecular weight is 294 g/mol. The number of rotatable bonds is 2. The summed E-state index contributed by atoms with van der Waals surface area (Å²) in [5.74, 6) is 0.754. The van der Waals surface area contributed by atoms with Gasteiger partial charge >= 0.3 is 0 Å². The molecule has 0 saturated carbocycles. The summed E-state index contributed by atoms with van der Waals surface area (Å²) in [6, 6.07) is 6.21. The van der Waals surface area contributed by atoms with Crippen molar-refractivity contribution in [2.24, 2.45) is 7.05 Å². The van der Waals surface area contributed by atoms with E-state index >= 15 is 0 Å². The number of anilines is 1. The van der Waals surface area contributed by atoms with Crippen molar-refractivity contribution < 1.29 is 0 Å². The van der Waals surface area contributed by atoms with E-state index in [9.17, 15) is 0 Å². The number of nitrogen functional groups attached to an aromatic ring is 1. The molecule has 1 heterocycles. The zero-order valence-corrected chi connectivity index (χ0v) is 11.9. The van der Waals surface area contributed by atoms with E-state index in [-0.39, 0.29) is 0 Å². The fraction of sp³-hybridized carbons (Fsp3) is 0.308. The summed E-state index contributed by atoms with van der Waals surface area (Å²) >= 11 is 3.47. The molecule has 0 fully saturated rings. The Morgan fingerprint density at radius 3 is 2.71 bits per heavy atom. The Kier molecular flexibility index (Phi) is 3.24. The minimum atomic E-state index is 0.754. The van der Waals surface area contributed by atoms with Crippen LogP contribution in [-0.4, -0.2) is 9.78 Å². The molecule has 0 saturated heterocycles. The van der Waals surface area contributed by atoms with E-state index in [0.717, 1.165) is 33.5 Å². The Hall–Kier alpha value is -1.29. The Bertz CT molecular complexity index is 558. The van der Waals surface area contributed by atoms with Gasteiger partial charge in [0.05, 0.1) is 5.69 Å². The van der Waals surface area contributed by atoms with Gasteiger partial charge in [-0.25, -0.2) is 0 Å². The van der Waals surface area contributed by atoms with Gasteiger partial charge in [-0.3, -0.25) is 4.68 Å². The molecule has 0 aliphatic heterocycles. The van der Waals surface area contributed by atoms with Crippen molar-refractivity contribution in [1.82, 2.24) is 9.78 Å². The van der Waals surface area contributed by atoms with Gasteiger partial charge in [0.15, 0.2) is 0 Å². The number of halogens is 1. The second kappa shape index (κ2) is 4.53. The maximum absolute atomic E-state index is 6.02. The number of aromatic nitrogens is 2. The molecular weight excluding hydrogens is 278 g/mol. The van der Waals surface area contributed by atoms with Gasteiger partial charge in [0, 0.05) is 22.6 Å². The molecule has 0 aliphatic carbocycles. The van der Waals surface area contributed by atoms with Crippen molar-refractivity contribution in [3.63, 3.8) is 0 Å². The van der Waals surface area contributed by atoms with Crippen LogP contribution in [0.1, 0.15) is 18.1 Å². The summed E-state index contributed by atoms with van der Waals surface area (Å²) in [5.41, 5.74) is 10.5. The molecule has 0 radical (unpaired) electrons. The van der Waals surface area contributed by atoms with E-state index in [1.54, 1.807) is 4.68 Å². The SMILES string of the molecule is CCc1c(-c2ccc(Br)cc2C)nn(C)c1N. The highest BCUT2D eigenvalue weighted by Crippen LogP contribution is 2.30.